The van der Waals surface area contributed by atoms with Gasteiger partial charge in [-0.25, -0.2) is 9.78 Å². The Hall–Kier alpha value is -0.763. The molecule has 154 valence electrons. The molecule has 0 bridgehead atoms. The fourth-order valence-electron chi connectivity index (χ4n) is 3.36. The van der Waals surface area contributed by atoms with Crippen molar-refractivity contribution in [3.05, 3.63) is 16.1 Å². The molecule has 2 atom stereocenters. The monoisotopic (exact) mass is 412 g/mol. The first-order valence-corrected chi connectivity index (χ1v) is 13.7. The Labute approximate surface area is 169 Å². The lowest BCUT2D eigenvalue weighted by Gasteiger charge is -2.40. The number of ether oxygens (including phenoxy) is 1. The van der Waals surface area contributed by atoms with E-state index in [0.717, 1.165) is 11.4 Å². The molecule has 0 amide bonds. The molecule has 1 aliphatic carbocycles. The van der Waals surface area contributed by atoms with Gasteiger partial charge in [0, 0.05) is 6.04 Å². The third kappa shape index (κ3) is 5.86. The number of hydrogen-bond acceptors (Lipinski definition) is 6. The molecule has 7 heteroatoms. The molecule has 1 fully saturated rings. The van der Waals surface area contributed by atoms with Gasteiger partial charge in [0.1, 0.15) is 16.0 Å². The molecule has 0 aliphatic heterocycles. The summed E-state index contributed by atoms with van der Waals surface area (Å²) >= 11 is 1.35. The lowest BCUT2D eigenvalue weighted by molar-refractivity contribution is 0.0606. The molecule has 0 spiro atoms. The molecule has 2 rings (SSSR count). The second-order valence-corrected chi connectivity index (χ2v) is 15.1. The van der Waals surface area contributed by atoms with Crippen molar-refractivity contribution >= 4 is 25.6 Å². The van der Waals surface area contributed by atoms with E-state index in [4.69, 9.17) is 14.9 Å². The predicted molar refractivity (Wildman–Crippen MR) is 114 cm³/mol. The van der Waals surface area contributed by atoms with E-state index >= 15 is 0 Å². The van der Waals surface area contributed by atoms with Crippen LogP contribution in [0.15, 0.2) is 6.20 Å². The first kappa shape index (κ1) is 22.5. The van der Waals surface area contributed by atoms with Gasteiger partial charge in [-0.3, -0.25) is 0 Å². The fourth-order valence-corrected chi connectivity index (χ4v) is 5.66. The zero-order valence-electron chi connectivity index (χ0n) is 17.7. The Morgan fingerprint density at radius 1 is 1.33 bits per heavy atom. The van der Waals surface area contributed by atoms with Gasteiger partial charge in [0.15, 0.2) is 8.32 Å². The van der Waals surface area contributed by atoms with E-state index in [0.29, 0.717) is 10.8 Å². The molecule has 1 aliphatic rings. The van der Waals surface area contributed by atoms with Crippen molar-refractivity contribution in [2.75, 3.05) is 7.11 Å². The molecule has 0 saturated heterocycles. The summed E-state index contributed by atoms with van der Waals surface area (Å²) in [5, 5.41) is 0.877. The Morgan fingerprint density at radius 3 is 2.52 bits per heavy atom. The van der Waals surface area contributed by atoms with Gasteiger partial charge in [0.25, 0.3) is 0 Å². The Kier molecular flexibility index (Phi) is 7.64. The number of carbonyl (C=O) groups is 1. The van der Waals surface area contributed by atoms with Crippen LogP contribution in [0.25, 0.3) is 0 Å². The summed E-state index contributed by atoms with van der Waals surface area (Å²) in [7, 11) is -0.646. The van der Waals surface area contributed by atoms with Gasteiger partial charge in [-0.15, -0.1) is 11.3 Å². The van der Waals surface area contributed by atoms with E-state index in [1.165, 1.54) is 50.6 Å². The molecule has 0 aromatic carbocycles. The maximum atomic E-state index is 11.9. The van der Waals surface area contributed by atoms with Crippen molar-refractivity contribution in [2.45, 2.75) is 89.6 Å². The fraction of sp³-hybridized carbons (Fsp3) is 0.800. The summed E-state index contributed by atoms with van der Waals surface area (Å²) in [6.45, 7) is 11.2. The first-order valence-electron chi connectivity index (χ1n) is 10.0. The highest BCUT2D eigenvalue weighted by Crippen LogP contribution is 2.42. The largest absolute Gasteiger partial charge is 0.465 e. The minimum atomic E-state index is -2.04. The van der Waals surface area contributed by atoms with Crippen molar-refractivity contribution in [1.29, 1.82) is 0 Å². The quantitative estimate of drug-likeness (QED) is 0.486. The van der Waals surface area contributed by atoms with Crippen molar-refractivity contribution in [3.63, 3.8) is 0 Å². The normalized spacial score (nSPS) is 18.9. The van der Waals surface area contributed by atoms with Crippen molar-refractivity contribution in [3.8, 4) is 0 Å². The van der Waals surface area contributed by atoms with Gasteiger partial charge in [-0.2, -0.15) is 0 Å². The third-order valence-electron chi connectivity index (χ3n) is 6.10. The molecule has 27 heavy (non-hydrogen) atoms. The second-order valence-electron chi connectivity index (χ2n) is 9.26. The smallest absolute Gasteiger partial charge is 0.349 e. The lowest BCUT2D eigenvalue weighted by Crippen LogP contribution is -2.46. The van der Waals surface area contributed by atoms with Crippen LogP contribution in [-0.2, 0) is 9.16 Å². The van der Waals surface area contributed by atoms with E-state index in [1.807, 2.05) is 0 Å². The molecule has 1 aromatic heterocycles. The van der Waals surface area contributed by atoms with Gasteiger partial charge >= 0.3 is 5.97 Å². The third-order valence-corrected chi connectivity index (χ3v) is 11.6. The van der Waals surface area contributed by atoms with E-state index in [-0.39, 0.29) is 23.2 Å². The van der Waals surface area contributed by atoms with Crippen LogP contribution in [0.2, 0.25) is 18.1 Å². The number of nitrogens with two attached hydrogens (primary N) is 1. The van der Waals surface area contributed by atoms with E-state index in [2.05, 4.69) is 38.8 Å². The van der Waals surface area contributed by atoms with Gasteiger partial charge in [-0.1, -0.05) is 52.9 Å². The van der Waals surface area contributed by atoms with Crippen LogP contribution in [0.4, 0.5) is 0 Å². The number of hydrogen-bond donors (Lipinski definition) is 1. The predicted octanol–water partition coefficient (Wildman–Crippen LogP) is 5.29. The number of esters is 1. The van der Waals surface area contributed by atoms with E-state index in [1.54, 1.807) is 6.20 Å². The van der Waals surface area contributed by atoms with Gasteiger partial charge in [-0.05, 0) is 30.5 Å². The van der Waals surface area contributed by atoms with Crippen LogP contribution < -0.4 is 5.73 Å². The van der Waals surface area contributed by atoms with Gasteiger partial charge in [0.05, 0.1) is 13.3 Å². The second kappa shape index (κ2) is 9.16. The molecular weight excluding hydrogens is 376 g/mol. The summed E-state index contributed by atoms with van der Waals surface area (Å²) in [6.07, 6.45) is 8.72. The Morgan fingerprint density at radius 2 is 1.96 bits per heavy atom. The zero-order chi connectivity index (χ0) is 20.2. The molecule has 5 nitrogen and oxygen atoms in total. The summed E-state index contributed by atoms with van der Waals surface area (Å²) in [5.74, 6) is 0.310. The maximum absolute atomic E-state index is 11.9. The van der Waals surface area contributed by atoms with Crippen LogP contribution in [0.1, 0.15) is 80.1 Å². The van der Waals surface area contributed by atoms with E-state index < -0.39 is 8.32 Å². The number of rotatable bonds is 7. The minimum Gasteiger partial charge on any atom is -0.465 e. The molecule has 0 radical (unpaired) electrons. The highest BCUT2D eigenvalue weighted by Gasteiger charge is 2.42. The highest BCUT2D eigenvalue weighted by molar-refractivity contribution is 7.13. The topological polar surface area (TPSA) is 74.4 Å². The number of carbonyl (C=O) groups excluding carboxylic acids is 1. The van der Waals surface area contributed by atoms with Crippen LogP contribution in [0.5, 0.6) is 0 Å². The lowest BCUT2D eigenvalue weighted by atomic mass is 9.84. The number of nitrogens with zero attached hydrogens (tertiary/aromatic N) is 1. The van der Waals surface area contributed by atoms with Crippen LogP contribution in [-0.4, -0.2) is 32.4 Å². The van der Waals surface area contributed by atoms with Crippen molar-refractivity contribution < 1.29 is 14.0 Å². The Balaban J connectivity index is 2.24. The summed E-state index contributed by atoms with van der Waals surface area (Å²) < 4.78 is 11.6. The summed E-state index contributed by atoms with van der Waals surface area (Å²) in [5.41, 5.74) is 6.70. The minimum absolute atomic E-state index is 0.0816. The van der Waals surface area contributed by atoms with Crippen LogP contribution in [0.3, 0.4) is 0 Å². The van der Waals surface area contributed by atoms with Crippen LogP contribution >= 0.6 is 11.3 Å². The van der Waals surface area contributed by atoms with Gasteiger partial charge < -0.3 is 14.9 Å². The zero-order valence-corrected chi connectivity index (χ0v) is 19.5. The first-order chi connectivity index (χ1) is 12.5. The average Bonchev–Trinajstić information content (AvgIpc) is 3.08. The molecule has 1 heterocycles. The molecule has 0 unspecified atom stereocenters. The average molecular weight is 413 g/mol. The molecule has 1 aromatic rings. The number of aromatic nitrogens is 1. The molecule has 1 saturated carbocycles. The SMILES string of the molecule is COC(=O)c1cnc([C@@H](O[Si](C)(C)C(C)(C)C)[C@H](N)CC2CCCCC2)s1. The van der Waals surface area contributed by atoms with Crippen LogP contribution in [0, 0.1) is 5.92 Å². The maximum Gasteiger partial charge on any atom is 0.349 e. The molecular formula is C20H36N2O3SSi. The number of methoxy groups -OCH3 is 1. The summed E-state index contributed by atoms with van der Waals surface area (Å²) in [4.78, 5) is 16.9. The van der Waals surface area contributed by atoms with Gasteiger partial charge in [0.2, 0.25) is 0 Å². The molecule has 2 N–H and O–H groups in total. The van der Waals surface area contributed by atoms with E-state index in [9.17, 15) is 4.79 Å². The van der Waals surface area contributed by atoms with Crippen molar-refractivity contribution in [2.24, 2.45) is 11.7 Å². The standard InChI is InChI=1S/C20H36N2O3SSi/c1-20(2,3)27(5,6)25-17(15(21)12-14-10-8-7-9-11-14)18-22-13-16(26-18)19(23)24-4/h13-15,17H,7-12,21H2,1-6H3/t15-,17+/m1/s1. The number of thiazole rings is 1. The Bertz CT molecular complexity index is 621. The highest BCUT2D eigenvalue weighted by atomic mass is 32.1. The summed E-state index contributed by atoms with van der Waals surface area (Å²) in [6, 6.07) is -0.112. The van der Waals surface area contributed by atoms with Crippen molar-refractivity contribution in [1.82, 2.24) is 4.98 Å².